The largest absolute Gasteiger partial charge is 0.418 e. The molecule has 0 N–H and O–H groups in total. The van der Waals surface area contributed by atoms with Crippen LogP contribution < -0.4 is 0 Å². The summed E-state index contributed by atoms with van der Waals surface area (Å²) >= 11 is 10.4. The third-order valence-corrected chi connectivity index (χ3v) is 2.55. The number of hydrogen-bond acceptors (Lipinski definition) is 0. The summed E-state index contributed by atoms with van der Waals surface area (Å²) < 4.78 is 75.4. The predicted molar refractivity (Wildman–Crippen MR) is 51.0 cm³/mol. The molecule has 0 radical (unpaired) electrons. The fourth-order valence-corrected chi connectivity index (χ4v) is 1.82. The van der Waals surface area contributed by atoms with E-state index in [1.54, 1.807) is 0 Å². The van der Waals surface area contributed by atoms with Gasteiger partial charge in [0.15, 0.2) is 0 Å². The van der Waals surface area contributed by atoms with E-state index in [4.69, 9.17) is 23.2 Å². The molecule has 1 rings (SSSR count). The molecule has 17 heavy (non-hydrogen) atoms. The fraction of sp³-hybridized carbons (Fsp3) is 0.333. The molecule has 8 heteroatoms. The van der Waals surface area contributed by atoms with Crippen LogP contribution >= 0.6 is 23.2 Å². The molecule has 1 aromatic rings. The molecule has 0 aliphatic carbocycles. The second kappa shape index (κ2) is 4.57. The Labute approximate surface area is 102 Å². The van der Waals surface area contributed by atoms with Gasteiger partial charge in [0.05, 0.1) is 16.1 Å². The second-order valence-electron chi connectivity index (χ2n) is 3.09. The van der Waals surface area contributed by atoms with Crippen molar-refractivity contribution in [3.8, 4) is 0 Å². The van der Waals surface area contributed by atoms with Crippen molar-refractivity contribution in [1.82, 2.24) is 0 Å². The highest BCUT2D eigenvalue weighted by Gasteiger charge is 2.46. The van der Waals surface area contributed by atoms with Crippen molar-refractivity contribution in [3.05, 3.63) is 33.8 Å². The summed E-state index contributed by atoms with van der Waals surface area (Å²) in [5, 5.41) is -1.00. The predicted octanol–water partition coefficient (Wildman–Crippen LogP) is 5.12. The summed E-state index contributed by atoms with van der Waals surface area (Å²) in [5.74, 6) is -0.685. The standard InChI is InChI=1S/C9H4Cl2F6/c10-3-4-1-2-5(11)7(9(15,16)17)6(4)8(12,13)14/h1-2H,3H2. The Bertz CT molecular complexity index is 421. The second-order valence-corrected chi connectivity index (χ2v) is 3.76. The van der Waals surface area contributed by atoms with Crippen LogP contribution in [0.25, 0.3) is 0 Å². The van der Waals surface area contributed by atoms with E-state index in [-0.39, 0.29) is 0 Å². The molecule has 0 unspecified atom stereocenters. The van der Waals surface area contributed by atoms with E-state index in [1.165, 1.54) is 0 Å². The molecule has 0 saturated carbocycles. The lowest BCUT2D eigenvalue weighted by Crippen LogP contribution is -2.19. The quantitative estimate of drug-likeness (QED) is 0.499. The Hall–Kier alpha value is -0.620. The van der Waals surface area contributed by atoms with E-state index in [1.807, 2.05) is 0 Å². The normalized spacial score (nSPS) is 12.9. The lowest BCUT2D eigenvalue weighted by Gasteiger charge is -2.19. The van der Waals surface area contributed by atoms with E-state index in [9.17, 15) is 26.3 Å². The van der Waals surface area contributed by atoms with Crippen LogP contribution in [0.3, 0.4) is 0 Å². The van der Waals surface area contributed by atoms with Crippen LogP contribution in [-0.4, -0.2) is 0 Å². The van der Waals surface area contributed by atoms with Gasteiger partial charge in [0.1, 0.15) is 0 Å². The molecule has 96 valence electrons. The van der Waals surface area contributed by atoms with E-state index in [0.29, 0.717) is 0 Å². The number of benzene rings is 1. The Morgan fingerprint density at radius 3 is 1.71 bits per heavy atom. The highest BCUT2D eigenvalue weighted by atomic mass is 35.5. The molecular formula is C9H4Cl2F6. The number of hydrogen-bond donors (Lipinski definition) is 0. The van der Waals surface area contributed by atoms with E-state index >= 15 is 0 Å². The van der Waals surface area contributed by atoms with Gasteiger partial charge in [0.2, 0.25) is 0 Å². The Balaban J connectivity index is 3.67. The Kier molecular flexibility index (Phi) is 3.88. The zero-order valence-corrected chi connectivity index (χ0v) is 9.40. The minimum Gasteiger partial charge on any atom is -0.166 e. The third-order valence-electron chi connectivity index (χ3n) is 1.95. The maximum Gasteiger partial charge on any atom is 0.418 e. The monoisotopic (exact) mass is 296 g/mol. The SMILES string of the molecule is FC(F)(F)c1c(Cl)ccc(CCl)c1C(F)(F)F. The average molecular weight is 297 g/mol. The van der Waals surface area contributed by atoms with Crippen LogP contribution in [0.4, 0.5) is 26.3 Å². The van der Waals surface area contributed by atoms with Gasteiger partial charge < -0.3 is 0 Å². The van der Waals surface area contributed by atoms with Gasteiger partial charge in [-0.25, -0.2) is 0 Å². The number of halogens is 8. The summed E-state index contributed by atoms with van der Waals surface area (Å²) in [7, 11) is 0. The minimum absolute atomic E-state index is 0.657. The first kappa shape index (κ1) is 14.4. The minimum atomic E-state index is -5.19. The van der Waals surface area contributed by atoms with E-state index < -0.39 is 39.9 Å². The maximum absolute atomic E-state index is 12.6. The van der Waals surface area contributed by atoms with Crippen molar-refractivity contribution in [2.24, 2.45) is 0 Å². The molecule has 0 atom stereocenters. The molecule has 0 bridgehead atoms. The Morgan fingerprint density at radius 1 is 0.882 bits per heavy atom. The lowest BCUT2D eigenvalue weighted by atomic mass is 10.0. The Morgan fingerprint density at radius 2 is 1.35 bits per heavy atom. The maximum atomic E-state index is 12.6. The first-order valence-electron chi connectivity index (χ1n) is 4.10. The van der Waals surface area contributed by atoms with Crippen molar-refractivity contribution >= 4 is 23.2 Å². The van der Waals surface area contributed by atoms with Crippen molar-refractivity contribution in [2.75, 3.05) is 0 Å². The molecule has 0 nitrogen and oxygen atoms in total. The van der Waals surface area contributed by atoms with Gasteiger partial charge in [0.25, 0.3) is 0 Å². The molecule has 1 aromatic carbocycles. The molecule has 0 aliphatic rings. The van der Waals surface area contributed by atoms with Crippen LogP contribution in [0.1, 0.15) is 16.7 Å². The van der Waals surface area contributed by atoms with Crippen LogP contribution in [-0.2, 0) is 18.2 Å². The van der Waals surface area contributed by atoms with Crippen LogP contribution in [0.5, 0.6) is 0 Å². The highest BCUT2D eigenvalue weighted by Crippen LogP contribution is 2.45. The molecule has 0 heterocycles. The van der Waals surface area contributed by atoms with Crippen molar-refractivity contribution < 1.29 is 26.3 Å². The first-order chi connectivity index (χ1) is 7.59. The zero-order valence-electron chi connectivity index (χ0n) is 7.89. The van der Waals surface area contributed by atoms with Crippen LogP contribution in [0, 0.1) is 0 Å². The number of alkyl halides is 7. The summed E-state index contributed by atoms with van der Waals surface area (Å²) in [6.45, 7) is 0. The van der Waals surface area contributed by atoms with Gasteiger partial charge in [-0.05, 0) is 11.6 Å². The molecule has 0 aliphatic heterocycles. The average Bonchev–Trinajstić information content (AvgIpc) is 2.13. The smallest absolute Gasteiger partial charge is 0.166 e. The van der Waals surface area contributed by atoms with Gasteiger partial charge in [-0.2, -0.15) is 26.3 Å². The highest BCUT2D eigenvalue weighted by molar-refractivity contribution is 6.31. The molecular weight excluding hydrogens is 293 g/mol. The lowest BCUT2D eigenvalue weighted by molar-refractivity contribution is -0.162. The zero-order chi connectivity index (χ0) is 13.4. The van der Waals surface area contributed by atoms with Gasteiger partial charge in [0, 0.05) is 5.88 Å². The summed E-state index contributed by atoms with van der Waals surface area (Å²) in [5.41, 5.74) is -4.38. The van der Waals surface area contributed by atoms with E-state index in [2.05, 4.69) is 0 Å². The van der Waals surface area contributed by atoms with Gasteiger partial charge in [-0.1, -0.05) is 17.7 Å². The van der Waals surface area contributed by atoms with E-state index in [0.717, 1.165) is 12.1 Å². The van der Waals surface area contributed by atoms with Crippen molar-refractivity contribution in [2.45, 2.75) is 18.2 Å². The third kappa shape index (κ3) is 2.98. The molecule has 0 spiro atoms. The summed E-state index contributed by atoms with van der Waals surface area (Å²) in [4.78, 5) is 0. The molecule has 0 saturated heterocycles. The van der Waals surface area contributed by atoms with Crippen LogP contribution in [0.15, 0.2) is 12.1 Å². The van der Waals surface area contributed by atoms with Gasteiger partial charge in [-0.3, -0.25) is 0 Å². The van der Waals surface area contributed by atoms with Gasteiger partial charge >= 0.3 is 12.4 Å². The topological polar surface area (TPSA) is 0 Å². The van der Waals surface area contributed by atoms with Crippen LogP contribution in [0.2, 0.25) is 5.02 Å². The summed E-state index contributed by atoms with van der Waals surface area (Å²) in [6.07, 6.45) is -10.4. The molecule has 0 aromatic heterocycles. The van der Waals surface area contributed by atoms with Crippen molar-refractivity contribution in [3.63, 3.8) is 0 Å². The van der Waals surface area contributed by atoms with Crippen molar-refractivity contribution in [1.29, 1.82) is 0 Å². The molecule has 0 fully saturated rings. The fourth-order valence-electron chi connectivity index (χ4n) is 1.33. The summed E-state index contributed by atoms with van der Waals surface area (Å²) in [6, 6.07) is 1.57. The molecule has 0 amide bonds. The number of rotatable bonds is 1. The first-order valence-corrected chi connectivity index (χ1v) is 5.02. The van der Waals surface area contributed by atoms with Gasteiger partial charge in [-0.15, -0.1) is 11.6 Å².